The molecule has 0 heterocycles. The van der Waals surface area contributed by atoms with Gasteiger partial charge < -0.3 is 0 Å². The third kappa shape index (κ3) is 2.82. The Morgan fingerprint density at radius 1 is 0.760 bits per heavy atom. The molecule has 0 spiro atoms. The molecule has 0 N–H and O–H groups in total. The van der Waals surface area contributed by atoms with Gasteiger partial charge in [0.1, 0.15) is 0 Å². The minimum atomic E-state index is 0.499. The molecule has 0 saturated heterocycles. The molecule has 0 aliphatic heterocycles. The lowest BCUT2D eigenvalue weighted by Crippen LogP contribution is -1.98. The molecule has 0 amide bonds. The summed E-state index contributed by atoms with van der Waals surface area (Å²) in [5.74, 6) is 0.499. The van der Waals surface area contributed by atoms with Gasteiger partial charge in [0.05, 0.1) is 0 Å². The fraction of sp³-hybridized carbons (Fsp3) is 0.200. The molecule has 4 rings (SSSR count). The van der Waals surface area contributed by atoms with Gasteiger partial charge in [0, 0.05) is 0 Å². The third-order valence-corrected chi connectivity index (χ3v) is 5.13. The maximum atomic E-state index is 2.39. The second-order valence-electron chi connectivity index (χ2n) is 7.34. The molecule has 1 aliphatic rings. The van der Waals surface area contributed by atoms with E-state index in [-0.39, 0.29) is 0 Å². The van der Waals surface area contributed by atoms with E-state index in [2.05, 4.69) is 93.6 Å². The summed E-state index contributed by atoms with van der Waals surface area (Å²) in [5.41, 5.74) is 11.1. The molecular weight excluding hydrogens is 300 g/mol. The van der Waals surface area contributed by atoms with Gasteiger partial charge in [0.15, 0.2) is 0 Å². The molecule has 0 aromatic heterocycles. The van der Waals surface area contributed by atoms with E-state index in [4.69, 9.17) is 0 Å². The standard InChI is InChI=1S/C25H24/c1-17(2)21-14-13-20-15-18(3)16-24(20)25(21)23-12-8-7-11-22(23)19-9-5-4-6-10-19/h4-14,16-17H,15H2,1-3H3. The van der Waals surface area contributed by atoms with Crippen molar-refractivity contribution < 1.29 is 0 Å². The molecule has 0 bridgehead atoms. The third-order valence-electron chi connectivity index (χ3n) is 5.13. The van der Waals surface area contributed by atoms with Crippen LogP contribution in [0.25, 0.3) is 28.3 Å². The van der Waals surface area contributed by atoms with Gasteiger partial charge in [-0.2, -0.15) is 0 Å². The second kappa shape index (κ2) is 6.37. The Kier molecular flexibility index (Phi) is 4.05. The zero-order valence-corrected chi connectivity index (χ0v) is 15.2. The molecular formula is C25H24. The quantitative estimate of drug-likeness (QED) is 0.482. The number of allylic oxidation sites excluding steroid dienone is 1. The zero-order valence-electron chi connectivity index (χ0n) is 15.2. The molecule has 1 aliphatic carbocycles. The van der Waals surface area contributed by atoms with Crippen molar-refractivity contribution in [3.63, 3.8) is 0 Å². The van der Waals surface area contributed by atoms with Crippen molar-refractivity contribution in [3.8, 4) is 22.3 Å². The Morgan fingerprint density at radius 2 is 1.44 bits per heavy atom. The predicted octanol–water partition coefficient (Wildman–Crippen LogP) is 7.10. The molecule has 0 fully saturated rings. The van der Waals surface area contributed by atoms with Crippen LogP contribution in [-0.4, -0.2) is 0 Å². The Morgan fingerprint density at radius 3 is 2.16 bits per heavy atom. The molecule has 25 heavy (non-hydrogen) atoms. The van der Waals surface area contributed by atoms with E-state index in [1.54, 1.807) is 0 Å². The first-order valence-electron chi connectivity index (χ1n) is 9.13. The molecule has 3 aromatic rings. The highest BCUT2D eigenvalue weighted by Crippen LogP contribution is 2.42. The lowest BCUT2D eigenvalue weighted by atomic mass is 9.84. The smallest absolute Gasteiger partial charge is 0.00604 e. The molecule has 0 unspecified atom stereocenters. The molecule has 124 valence electrons. The number of rotatable bonds is 3. The fourth-order valence-corrected chi connectivity index (χ4v) is 3.95. The fourth-order valence-electron chi connectivity index (χ4n) is 3.95. The Balaban J connectivity index is 2.03. The van der Waals surface area contributed by atoms with Crippen molar-refractivity contribution in [2.45, 2.75) is 33.1 Å². The van der Waals surface area contributed by atoms with Crippen LogP contribution >= 0.6 is 0 Å². The van der Waals surface area contributed by atoms with Gasteiger partial charge in [-0.3, -0.25) is 0 Å². The summed E-state index contributed by atoms with van der Waals surface area (Å²) in [6.45, 7) is 6.83. The first-order valence-corrected chi connectivity index (χ1v) is 9.13. The number of fused-ring (bicyclic) bond motifs is 1. The minimum Gasteiger partial charge on any atom is -0.0683 e. The van der Waals surface area contributed by atoms with Gasteiger partial charge in [0.2, 0.25) is 0 Å². The number of hydrogen-bond acceptors (Lipinski definition) is 0. The van der Waals surface area contributed by atoms with E-state index in [1.807, 2.05) is 0 Å². The largest absolute Gasteiger partial charge is 0.0683 e. The maximum absolute atomic E-state index is 2.39. The summed E-state index contributed by atoms with van der Waals surface area (Å²) in [4.78, 5) is 0. The maximum Gasteiger partial charge on any atom is -0.00604 e. The Bertz CT molecular complexity index is 943. The van der Waals surface area contributed by atoms with Gasteiger partial charge in [-0.05, 0) is 58.2 Å². The van der Waals surface area contributed by atoms with Crippen LogP contribution in [0.5, 0.6) is 0 Å². The summed E-state index contributed by atoms with van der Waals surface area (Å²) in [6, 6.07) is 24.2. The highest BCUT2D eigenvalue weighted by Gasteiger charge is 2.21. The topological polar surface area (TPSA) is 0 Å². The van der Waals surface area contributed by atoms with Gasteiger partial charge in [0.25, 0.3) is 0 Å². The van der Waals surface area contributed by atoms with Crippen molar-refractivity contribution in [3.05, 3.63) is 89.0 Å². The van der Waals surface area contributed by atoms with Crippen LogP contribution in [0.1, 0.15) is 43.4 Å². The second-order valence-corrected chi connectivity index (χ2v) is 7.34. The molecule has 0 heteroatoms. The van der Waals surface area contributed by atoms with Crippen LogP contribution in [0.3, 0.4) is 0 Å². The van der Waals surface area contributed by atoms with Gasteiger partial charge in [-0.15, -0.1) is 0 Å². The highest BCUT2D eigenvalue weighted by atomic mass is 14.2. The van der Waals surface area contributed by atoms with Gasteiger partial charge in [-0.25, -0.2) is 0 Å². The van der Waals surface area contributed by atoms with E-state index in [9.17, 15) is 0 Å². The van der Waals surface area contributed by atoms with Crippen LogP contribution in [0.15, 0.2) is 72.3 Å². The molecule has 0 saturated carbocycles. The number of benzene rings is 3. The zero-order chi connectivity index (χ0) is 17.4. The van der Waals surface area contributed by atoms with Crippen molar-refractivity contribution in [2.24, 2.45) is 0 Å². The summed E-state index contributed by atoms with van der Waals surface area (Å²) in [5, 5.41) is 0. The minimum absolute atomic E-state index is 0.499. The highest BCUT2D eigenvalue weighted by molar-refractivity contribution is 5.91. The van der Waals surface area contributed by atoms with Crippen molar-refractivity contribution >= 4 is 6.08 Å². The normalized spacial score (nSPS) is 13.0. The average molecular weight is 324 g/mol. The summed E-state index contributed by atoms with van der Waals surface area (Å²) >= 11 is 0. The van der Waals surface area contributed by atoms with E-state index >= 15 is 0 Å². The van der Waals surface area contributed by atoms with Crippen LogP contribution in [0.4, 0.5) is 0 Å². The summed E-state index contributed by atoms with van der Waals surface area (Å²) < 4.78 is 0. The molecule has 0 nitrogen and oxygen atoms in total. The predicted molar refractivity (Wildman–Crippen MR) is 109 cm³/mol. The van der Waals surface area contributed by atoms with E-state index in [0.717, 1.165) is 6.42 Å². The summed E-state index contributed by atoms with van der Waals surface area (Å²) in [6.07, 6.45) is 3.46. The van der Waals surface area contributed by atoms with Gasteiger partial charge >= 0.3 is 0 Å². The monoisotopic (exact) mass is 324 g/mol. The van der Waals surface area contributed by atoms with Crippen LogP contribution in [0.2, 0.25) is 0 Å². The van der Waals surface area contributed by atoms with Crippen molar-refractivity contribution in [1.29, 1.82) is 0 Å². The van der Waals surface area contributed by atoms with E-state index in [1.165, 1.54) is 44.5 Å². The number of hydrogen-bond donors (Lipinski definition) is 0. The van der Waals surface area contributed by atoms with Gasteiger partial charge in [-0.1, -0.05) is 92.2 Å². The van der Waals surface area contributed by atoms with Crippen LogP contribution < -0.4 is 0 Å². The lowest BCUT2D eigenvalue weighted by molar-refractivity contribution is 0.868. The first-order chi connectivity index (χ1) is 12.1. The lowest BCUT2D eigenvalue weighted by Gasteiger charge is -2.20. The van der Waals surface area contributed by atoms with E-state index < -0.39 is 0 Å². The SMILES string of the molecule is CC1=Cc2c(ccc(C(C)C)c2-c2ccccc2-c2ccccc2)C1. The van der Waals surface area contributed by atoms with Crippen molar-refractivity contribution in [2.75, 3.05) is 0 Å². The molecule has 3 aromatic carbocycles. The first kappa shape index (κ1) is 15.9. The molecule has 0 radical (unpaired) electrons. The van der Waals surface area contributed by atoms with Crippen LogP contribution in [0, 0.1) is 0 Å². The van der Waals surface area contributed by atoms with E-state index in [0.29, 0.717) is 5.92 Å². The Hall–Kier alpha value is -2.60. The van der Waals surface area contributed by atoms with Crippen LogP contribution in [-0.2, 0) is 6.42 Å². The molecule has 0 atom stereocenters. The van der Waals surface area contributed by atoms with Crippen molar-refractivity contribution in [1.82, 2.24) is 0 Å². The summed E-state index contributed by atoms with van der Waals surface area (Å²) in [7, 11) is 0. The Labute approximate surface area is 150 Å². The average Bonchev–Trinajstić information content (AvgIpc) is 3.01.